The lowest BCUT2D eigenvalue weighted by molar-refractivity contribution is -0.0103. The number of rotatable bonds is 4. The molecule has 112 valence electrons. The first kappa shape index (κ1) is 15.3. The molecule has 1 heterocycles. The van der Waals surface area contributed by atoms with Gasteiger partial charge in [0.1, 0.15) is 5.69 Å². The largest absolute Gasteiger partial charge is 0.743 e. The third-order valence-electron chi connectivity index (χ3n) is 2.58. The lowest BCUT2D eigenvalue weighted by atomic mass is 10.1. The molecule has 0 aliphatic heterocycles. The van der Waals surface area contributed by atoms with Crippen LogP contribution in [0, 0.1) is 0 Å². The van der Waals surface area contributed by atoms with Crippen molar-refractivity contribution in [1.29, 1.82) is 0 Å². The fourth-order valence-electron chi connectivity index (χ4n) is 1.49. The number of halogens is 2. The van der Waals surface area contributed by atoms with Gasteiger partial charge < -0.3 is 9.29 Å². The van der Waals surface area contributed by atoms with Crippen LogP contribution < -0.4 is 0 Å². The van der Waals surface area contributed by atoms with Gasteiger partial charge in [-0.15, -0.1) is 0 Å². The van der Waals surface area contributed by atoms with Crippen LogP contribution in [0.25, 0.3) is 10.8 Å². The number of aromatic nitrogens is 1. The highest BCUT2D eigenvalue weighted by molar-refractivity contribution is 7.86. The van der Waals surface area contributed by atoms with Gasteiger partial charge in [-0.25, -0.2) is 18.2 Å². The Balaban J connectivity index is 2.16. The van der Waals surface area contributed by atoms with Crippen LogP contribution in [0.5, 0.6) is 0 Å². The van der Waals surface area contributed by atoms with E-state index in [4.69, 9.17) is 0 Å². The summed E-state index contributed by atoms with van der Waals surface area (Å²) in [5.41, 5.74) is -0.271. The Labute approximate surface area is 118 Å². The number of pyridine rings is 1. The van der Waals surface area contributed by atoms with Crippen LogP contribution >= 0.6 is 0 Å². The van der Waals surface area contributed by atoms with Crippen molar-refractivity contribution in [3.05, 3.63) is 42.2 Å². The summed E-state index contributed by atoms with van der Waals surface area (Å²) < 4.78 is 60.7. The van der Waals surface area contributed by atoms with Crippen molar-refractivity contribution in [2.45, 2.75) is 5.25 Å². The molecule has 0 N–H and O–H groups in total. The molecule has 2 rings (SSSR count). The van der Waals surface area contributed by atoms with Crippen molar-refractivity contribution in [2.75, 3.05) is 6.61 Å². The summed E-state index contributed by atoms with van der Waals surface area (Å²) in [6.07, 6.45) is 1.34. The Hall–Kier alpha value is -2.13. The summed E-state index contributed by atoms with van der Waals surface area (Å²) in [7, 11) is -5.90. The van der Waals surface area contributed by atoms with Crippen LogP contribution in [0.15, 0.2) is 36.5 Å². The minimum atomic E-state index is -5.90. The average molecular weight is 316 g/mol. The van der Waals surface area contributed by atoms with E-state index < -0.39 is 27.9 Å². The highest BCUT2D eigenvalue weighted by Gasteiger charge is 2.39. The zero-order valence-electron chi connectivity index (χ0n) is 10.3. The molecule has 0 aliphatic rings. The molecule has 6 nitrogen and oxygen atoms in total. The number of ether oxygens (including phenoxy) is 1. The van der Waals surface area contributed by atoms with Crippen LogP contribution in [0.3, 0.4) is 0 Å². The average Bonchev–Trinajstić information content (AvgIpc) is 2.43. The van der Waals surface area contributed by atoms with Crippen molar-refractivity contribution in [3.63, 3.8) is 0 Å². The molecular weight excluding hydrogens is 308 g/mol. The molecule has 0 atom stereocenters. The summed E-state index contributed by atoms with van der Waals surface area (Å²) >= 11 is 0. The van der Waals surface area contributed by atoms with Gasteiger partial charge in [0.15, 0.2) is 16.7 Å². The van der Waals surface area contributed by atoms with E-state index in [0.29, 0.717) is 5.39 Å². The smallest absolute Gasteiger partial charge is 0.367 e. The predicted octanol–water partition coefficient (Wildman–Crippen LogP) is 1.53. The first-order valence-corrected chi connectivity index (χ1v) is 6.97. The van der Waals surface area contributed by atoms with Gasteiger partial charge in [-0.1, -0.05) is 24.3 Å². The van der Waals surface area contributed by atoms with E-state index in [-0.39, 0.29) is 5.69 Å². The van der Waals surface area contributed by atoms with E-state index in [1.165, 1.54) is 12.3 Å². The number of hydrogen-bond acceptors (Lipinski definition) is 6. The molecule has 0 spiro atoms. The number of alkyl halides is 2. The van der Waals surface area contributed by atoms with Gasteiger partial charge in [0.05, 0.1) is 0 Å². The second-order valence-corrected chi connectivity index (χ2v) is 5.59. The summed E-state index contributed by atoms with van der Waals surface area (Å²) in [5, 5.41) is -3.33. The standard InChI is InChI=1S/C12H9F2NO5S/c13-12(14,21(17,18)19)7-20-11(16)10-5-8-3-1-2-4-9(8)6-15-10/h1-6H,7H2,(H,17,18,19)/p-1. The van der Waals surface area contributed by atoms with Crippen LogP contribution in [-0.4, -0.2) is 35.8 Å². The molecular formula is C12H8F2NO5S-. The molecule has 0 saturated carbocycles. The Bertz CT molecular complexity index is 791. The van der Waals surface area contributed by atoms with Gasteiger partial charge in [0.2, 0.25) is 0 Å². The minimum Gasteiger partial charge on any atom is -0.743 e. The molecule has 0 bridgehead atoms. The Kier molecular flexibility index (Phi) is 3.88. The normalized spacial score (nSPS) is 12.3. The lowest BCUT2D eigenvalue weighted by Crippen LogP contribution is -2.34. The number of carbonyl (C=O) groups is 1. The zero-order valence-corrected chi connectivity index (χ0v) is 11.1. The molecule has 2 aromatic rings. The van der Waals surface area contributed by atoms with Crippen LogP contribution in [0.1, 0.15) is 10.5 Å². The number of fused-ring (bicyclic) bond motifs is 1. The first-order valence-electron chi connectivity index (χ1n) is 5.56. The summed E-state index contributed by atoms with van der Waals surface area (Å²) in [6.45, 7) is -1.85. The van der Waals surface area contributed by atoms with Gasteiger partial charge in [-0.3, -0.25) is 0 Å². The van der Waals surface area contributed by atoms with Gasteiger partial charge in [-0.2, -0.15) is 8.78 Å². The van der Waals surface area contributed by atoms with Crippen molar-refractivity contribution in [1.82, 2.24) is 4.98 Å². The number of carbonyl (C=O) groups excluding carboxylic acids is 1. The number of benzene rings is 1. The Morgan fingerprint density at radius 2 is 1.90 bits per heavy atom. The SMILES string of the molecule is O=C(OCC(F)(F)S(=O)(=O)[O-])c1cc2ccccc2cn1. The second-order valence-electron chi connectivity index (χ2n) is 4.08. The molecule has 0 amide bonds. The maximum Gasteiger partial charge on any atom is 0.367 e. The lowest BCUT2D eigenvalue weighted by Gasteiger charge is -2.19. The van der Waals surface area contributed by atoms with E-state index in [1.807, 2.05) is 0 Å². The highest BCUT2D eigenvalue weighted by atomic mass is 32.2. The zero-order chi connectivity index (χ0) is 15.7. The predicted molar refractivity (Wildman–Crippen MR) is 66.7 cm³/mol. The van der Waals surface area contributed by atoms with E-state index in [1.54, 1.807) is 24.3 Å². The molecule has 9 heteroatoms. The van der Waals surface area contributed by atoms with E-state index >= 15 is 0 Å². The summed E-state index contributed by atoms with van der Waals surface area (Å²) in [4.78, 5) is 15.3. The topological polar surface area (TPSA) is 96.4 Å². The van der Waals surface area contributed by atoms with E-state index in [2.05, 4.69) is 9.72 Å². The van der Waals surface area contributed by atoms with E-state index in [9.17, 15) is 26.5 Å². The first-order chi connectivity index (χ1) is 9.71. The number of esters is 1. The molecule has 21 heavy (non-hydrogen) atoms. The monoisotopic (exact) mass is 316 g/mol. The summed E-state index contributed by atoms with van der Waals surface area (Å²) in [5.74, 6) is -1.25. The third kappa shape index (κ3) is 3.31. The van der Waals surface area contributed by atoms with E-state index in [0.717, 1.165) is 5.39 Å². The number of nitrogens with zero attached hydrogens (tertiary/aromatic N) is 1. The molecule has 0 fully saturated rings. The Morgan fingerprint density at radius 3 is 2.52 bits per heavy atom. The highest BCUT2D eigenvalue weighted by Crippen LogP contribution is 2.21. The van der Waals surface area contributed by atoms with Crippen molar-refractivity contribution < 1.29 is 31.3 Å². The second kappa shape index (κ2) is 5.34. The molecule has 0 unspecified atom stereocenters. The molecule has 0 aliphatic carbocycles. The molecule has 1 aromatic carbocycles. The summed E-state index contributed by atoms with van der Waals surface area (Å²) in [6, 6.07) is 8.17. The van der Waals surface area contributed by atoms with Gasteiger partial charge in [0.25, 0.3) is 0 Å². The maximum absolute atomic E-state index is 12.9. The van der Waals surface area contributed by atoms with Crippen molar-refractivity contribution in [2.24, 2.45) is 0 Å². The minimum absolute atomic E-state index is 0.271. The molecule has 0 radical (unpaired) electrons. The van der Waals surface area contributed by atoms with Gasteiger partial charge in [-0.05, 0) is 11.5 Å². The van der Waals surface area contributed by atoms with Crippen molar-refractivity contribution >= 4 is 26.9 Å². The fraction of sp³-hybridized carbons (Fsp3) is 0.167. The number of hydrogen-bond donors (Lipinski definition) is 0. The van der Waals surface area contributed by atoms with Gasteiger partial charge >= 0.3 is 11.2 Å². The molecule has 1 aromatic heterocycles. The fourth-order valence-corrected chi connectivity index (χ4v) is 1.69. The Morgan fingerprint density at radius 1 is 1.29 bits per heavy atom. The maximum atomic E-state index is 12.9. The third-order valence-corrected chi connectivity index (χ3v) is 3.43. The van der Waals surface area contributed by atoms with Crippen LogP contribution in [0.4, 0.5) is 8.78 Å². The van der Waals surface area contributed by atoms with Crippen LogP contribution in [-0.2, 0) is 14.9 Å². The molecule has 0 saturated heterocycles. The van der Waals surface area contributed by atoms with Crippen molar-refractivity contribution in [3.8, 4) is 0 Å². The van der Waals surface area contributed by atoms with Crippen LogP contribution in [0.2, 0.25) is 0 Å². The quantitative estimate of drug-likeness (QED) is 0.627. The van der Waals surface area contributed by atoms with Gasteiger partial charge in [0, 0.05) is 11.6 Å².